The minimum atomic E-state index is -0.998. The number of imidazole rings is 1. The zero-order valence-corrected chi connectivity index (χ0v) is 19.8. The number of aromatic amines is 1. The summed E-state index contributed by atoms with van der Waals surface area (Å²) in [6.45, 7) is 3.77. The first-order chi connectivity index (χ1) is 16.9. The Morgan fingerprint density at radius 2 is 1.49 bits per heavy atom. The van der Waals surface area contributed by atoms with E-state index in [1.807, 2.05) is 60.7 Å². The van der Waals surface area contributed by atoms with E-state index in [0.29, 0.717) is 5.69 Å². The quantitative estimate of drug-likeness (QED) is 0.364. The number of nitrogens with zero attached hydrogens (tertiary/aromatic N) is 1. The van der Waals surface area contributed by atoms with E-state index >= 15 is 0 Å². The molecule has 0 radical (unpaired) electrons. The number of benzene rings is 2. The molecular weight excluding hydrogens is 448 g/mol. The van der Waals surface area contributed by atoms with Crippen LogP contribution in [0.1, 0.15) is 30.7 Å². The number of H-pyrrole nitrogens is 1. The SMILES string of the molecule is CC(C)[C@H](NC(=O)[C@@H](Cc1cnc[nH]1)NC(=O)OCc1ccccc1)C(=O)OCc1ccccc1. The monoisotopic (exact) mass is 478 g/mol. The number of nitrogens with one attached hydrogen (secondary N) is 3. The lowest BCUT2D eigenvalue weighted by molar-refractivity contribution is -0.150. The Balaban J connectivity index is 1.62. The molecule has 0 unspecified atom stereocenters. The predicted molar refractivity (Wildman–Crippen MR) is 129 cm³/mol. The summed E-state index contributed by atoms with van der Waals surface area (Å²) in [7, 11) is 0. The number of alkyl carbamates (subject to hydrolysis) is 1. The molecule has 3 rings (SSSR count). The molecule has 0 saturated carbocycles. The Morgan fingerprint density at radius 3 is 2.03 bits per heavy atom. The number of carbonyl (C=O) groups is 3. The van der Waals surface area contributed by atoms with Crippen LogP contribution in [0.3, 0.4) is 0 Å². The van der Waals surface area contributed by atoms with Gasteiger partial charge in [-0.05, 0) is 17.0 Å². The number of esters is 1. The van der Waals surface area contributed by atoms with Crippen LogP contribution in [0.2, 0.25) is 0 Å². The number of hydrogen-bond acceptors (Lipinski definition) is 6. The molecule has 1 aromatic heterocycles. The third-order valence-corrected chi connectivity index (χ3v) is 5.24. The Labute approximate surface area is 204 Å². The van der Waals surface area contributed by atoms with Gasteiger partial charge in [-0.1, -0.05) is 74.5 Å². The van der Waals surface area contributed by atoms with Crippen LogP contribution in [0.25, 0.3) is 0 Å². The van der Waals surface area contributed by atoms with Crippen molar-refractivity contribution in [1.82, 2.24) is 20.6 Å². The normalized spacial score (nSPS) is 12.4. The van der Waals surface area contributed by atoms with E-state index in [2.05, 4.69) is 20.6 Å². The summed E-state index contributed by atoms with van der Waals surface area (Å²) >= 11 is 0. The summed E-state index contributed by atoms with van der Waals surface area (Å²) in [5.41, 5.74) is 2.30. The standard InChI is InChI=1S/C26H30N4O5/c1-18(2)23(25(32)34-15-19-9-5-3-6-10-19)30-24(31)22(13-21-14-27-17-28-21)29-26(33)35-16-20-11-7-4-8-12-20/h3-12,14,17-18,22-23H,13,15-16H2,1-2H3,(H,27,28)(H,29,33)(H,30,31)/t22-,23+/m1/s1. The minimum Gasteiger partial charge on any atom is -0.459 e. The van der Waals surface area contributed by atoms with Gasteiger partial charge < -0.3 is 25.1 Å². The van der Waals surface area contributed by atoms with E-state index in [9.17, 15) is 14.4 Å². The second-order valence-corrected chi connectivity index (χ2v) is 8.36. The zero-order chi connectivity index (χ0) is 25.0. The molecule has 0 aliphatic carbocycles. The lowest BCUT2D eigenvalue weighted by Gasteiger charge is -2.24. The van der Waals surface area contributed by atoms with Crippen LogP contribution in [0.15, 0.2) is 73.2 Å². The van der Waals surface area contributed by atoms with Crippen molar-refractivity contribution in [2.24, 2.45) is 5.92 Å². The highest BCUT2D eigenvalue weighted by Gasteiger charge is 2.30. The molecule has 9 nitrogen and oxygen atoms in total. The first-order valence-electron chi connectivity index (χ1n) is 11.4. The fourth-order valence-corrected chi connectivity index (χ4v) is 3.30. The van der Waals surface area contributed by atoms with Crippen LogP contribution in [-0.4, -0.2) is 40.0 Å². The summed E-state index contributed by atoms with van der Waals surface area (Å²) in [4.78, 5) is 45.2. The maximum absolute atomic E-state index is 13.1. The van der Waals surface area contributed by atoms with E-state index in [1.165, 1.54) is 6.33 Å². The molecule has 184 valence electrons. The van der Waals surface area contributed by atoms with Crippen LogP contribution in [0, 0.1) is 5.92 Å². The fraction of sp³-hybridized carbons (Fsp3) is 0.308. The second kappa shape index (κ2) is 12.9. The predicted octanol–water partition coefficient (Wildman–Crippen LogP) is 3.13. The number of rotatable bonds is 11. The van der Waals surface area contributed by atoms with E-state index in [4.69, 9.17) is 9.47 Å². The Hall–Kier alpha value is -4.14. The third-order valence-electron chi connectivity index (χ3n) is 5.24. The summed E-state index contributed by atoms with van der Waals surface area (Å²) < 4.78 is 10.7. The van der Waals surface area contributed by atoms with Gasteiger partial charge >= 0.3 is 12.1 Å². The van der Waals surface area contributed by atoms with Gasteiger partial charge in [-0.3, -0.25) is 4.79 Å². The van der Waals surface area contributed by atoms with Crippen LogP contribution in [-0.2, 0) is 38.7 Å². The highest BCUT2D eigenvalue weighted by molar-refractivity contribution is 5.90. The van der Waals surface area contributed by atoms with Crippen molar-refractivity contribution < 1.29 is 23.9 Å². The molecule has 3 aromatic rings. The molecule has 2 aromatic carbocycles. The van der Waals surface area contributed by atoms with Crippen molar-refractivity contribution in [3.63, 3.8) is 0 Å². The number of amides is 2. The van der Waals surface area contributed by atoms with E-state index in [1.54, 1.807) is 20.0 Å². The molecule has 0 spiro atoms. The third kappa shape index (κ3) is 8.29. The molecule has 35 heavy (non-hydrogen) atoms. The first kappa shape index (κ1) is 25.5. The van der Waals surface area contributed by atoms with Gasteiger partial charge in [-0.25, -0.2) is 14.6 Å². The van der Waals surface area contributed by atoms with Gasteiger partial charge in [0.2, 0.25) is 5.91 Å². The Morgan fingerprint density at radius 1 is 0.886 bits per heavy atom. The summed E-state index contributed by atoms with van der Waals surface area (Å²) in [5, 5.41) is 5.32. The van der Waals surface area contributed by atoms with Gasteiger partial charge in [-0.15, -0.1) is 0 Å². The molecule has 0 aliphatic rings. The number of ether oxygens (including phenoxy) is 2. The van der Waals surface area contributed by atoms with Crippen molar-refractivity contribution in [2.45, 2.75) is 45.6 Å². The lowest BCUT2D eigenvalue weighted by atomic mass is 10.0. The van der Waals surface area contributed by atoms with Crippen molar-refractivity contribution in [2.75, 3.05) is 0 Å². The smallest absolute Gasteiger partial charge is 0.408 e. The summed E-state index contributed by atoms with van der Waals surface area (Å²) in [6.07, 6.45) is 2.43. The number of aromatic nitrogens is 2. The van der Waals surface area contributed by atoms with Crippen LogP contribution < -0.4 is 10.6 Å². The molecule has 0 saturated heterocycles. The van der Waals surface area contributed by atoms with Crippen LogP contribution in [0.4, 0.5) is 4.79 Å². The van der Waals surface area contributed by atoms with Gasteiger partial charge in [0, 0.05) is 18.3 Å². The van der Waals surface area contributed by atoms with Crippen molar-refractivity contribution in [3.05, 3.63) is 90.0 Å². The van der Waals surface area contributed by atoms with Crippen LogP contribution in [0.5, 0.6) is 0 Å². The molecule has 0 fully saturated rings. The molecule has 0 bridgehead atoms. The van der Waals surface area contributed by atoms with E-state index in [-0.39, 0.29) is 25.6 Å². The van der Waals surface area contributed by atoms with Crippen molar-refractivity contribution in [3.8, 4) is 0 Å². The molecule has 1 heterocycles. The maximum atomic E-state index is 13.1. The van der Waals surface area contributed by atoms with Gasteiger partial charge in [-0.2, -0.15) is 0 Å². The second-order valence-electron chi connectivity index (χ2n) is 8.36. The molecule has 2 atom stereocenters. The Kier molecular flexibility index (Phi) is 9.41. The zero-order valence-electron chi connectivity index (χ0n) is 19.8. The fourth-order valence-electron chi connectivity index (χ4n) is 3.30. The number of carbonyl (C=O) groups excluding carboxylic acids is 3. The van der Waals surface area contributed by atoms with Gasteiger partial charge in [0.1, 0.15) is 25.3 Å². The molecule has 0 aliphatic heterocycles. The largest absolute Gasteiger partial charge is 0.459 e. The average molecular weight is 479 g/mol. The number of hydrogen-bond donors (Lipinski definition) is 3. The lowest BCUT2D eigenvalue weighted by Crippen LogP contribution is -2.54. The topological polar surface area (TPSA) is 122 Å². The van der Waals surface area contributed by atoms with Crippen molar-refractivity contribution in [1.29, 1.82) is 0 Å². The molecular formula is C26H30N4O5. The van der Waals surface area contributed by atoms with Gasteiger partial charge in [0.05, 0.1) is 6.33 Å². The molecule has 9 heteroatoms. The van der Waals surface area contributed by atoms with Crippen LogP contribution >= 0.6 is 0 Å². The first-order valence-corrected chi connectivity index (χ1v) is 11.4. The average Bonchev–Trinajstić information content (AvgIpc) is 3.38. The minimum absolute atomic E-state index is 0.0610. The molecule has 3 N–H and O–H groups in total. The highest BCUT2D eigenvalue weighted by atomic mass is 16.5. The maximum Gasteiger partial charge on any atom is 0.408 e. The van der Waals surface area contributed by atoms with Gasteiger partial charge in [0.15, 0.2) is 0 Å². The van der Waals surface area contributed by atoms with Gasteiger partial charge in [0.25, 0.3) is 0 Å². The van der Waals surface area contributed by atoms with E-state index in [0.717, 1.165) is 11.1 Å². The molecule has 2 amide bonds. The highest BCUT2D eigenvalue weighted by Crippen LogP contribution is 2.09. The van der Waals surface area contributed by atoms with E-state index < -0.39 is 30.1 Å². The summed E-state index contributed by atoms with van der Waals surface area (Å²) in [6, 6.07) is 16.6. The van der Waals surface area contributed by atoms with Crippen molar-refractivity contribution >= 4 is 18.0 Å². The summed E-state index contributed by atoms with van der Waals surface area (Å²) in [5.74, 6) is -1.32. The Bertz CT molecular complexity index is 1070.